The highest BCUT2D eigenvalue weighted by molar-refractivity contribution is 5.90. The fourth-order valence-corrected chi connectivity index (χ4v) is 2.28. The quantitative estimate of drug-likeness (QED) is 0.782. The summed E-state index contributed by atoms with van der Waals surface area (Å²) in [6.07, 6.45) is 0.616. The van der Waals surface area contributed by atoms with Crippen LogP contribution in [0.25, 0.3) is 0 Å². The van der Waals surface area contributed by atoms with Gasteiger partial charge in [-0.1, -0.05) is 6.07 Å². The number of carbonyl (C=O) groups is 1. The first-order valence-electron chi connectivity index (χ1n) is 5.61. The molecule has 1 fully saturated rings. The molecule has 1 saturated carbocycles. The van der Waals surface area contributed by atoms with Gasteiger partial charge in [-0.15, -0.1) is 0 Å². The SMILES string of the molecule is COc1cc(C)c(C)cc1C1(C#N)CC(=O)C1. The maximum absolute atomic E-state index is 11.2. The maximum atomic E-state index is 11.2. The van der Waals surface area contributed by atoms with Crippen molar-refractivity contribution in [2.24, 2.45) is 0 Å². The third-order valence-corrected chi connectivity index (χ3v) is 3.54. The number of hydrogen-bond acceptors (Lipinski definition) is 3. The molecule has 0 bridgehead atoms. The summed E-state index contributed by atoms with van der Waals surface area (Å²) in [4.78, 5) is 11.2. The van der Waals surface area contributed by atoms with Gasteiger partial charge in [-0.05, 0) is 31.0 Å². The topological polar surface area (TPSA) is 50.1 Å². The zero-order valence-corrected chi connectivity index (χ0v) is 10.3. The number of carbonyl (C=O) groups excluding carboxylic acids is 1. The van der Waals surface area contributed by atoms with E-state index in [4.69, 9.17) is 4.74 Å². The molecule has 17 heavy (non-hydrogen) atoms. The van der Waals surface area contributed by atoms with E-state index >= 15 is 0 Å². The smallest absolute Gasteiger partial charge is 0.136 e. The van der Waals surface area contributed by atoms with Gasteiger partial charge in [0.05, 0.1) is 18.6 Å². The maximum Gasteiger partial charge on any atom is 0.136 e. The summed E-state index contributed by atoms with van der Waals surface area (Å²) in [6, 6.07) is 6.20. The Kier molecular flexibility index (Phi) is 2.66. The standard InChI is InChI=1S/C14H15NO2/c1-9-4-12(13(17-3)5-10(9)2)14(8-15)6-11(16)7-14/h4-5H,6-7H2,1-3H3. The van der Waals surface area contributed by atoms with Crippen LogP contribution >= 0.6 is 0 Å². The van der Waals surface area contributed by atoms with Crippen molar-refractivity contribution in [3.63, 3.8) is 0 Å². The molecule has 2 rings (SSSR count). The Labute approximate surface area is 101 Å². The van der Waals surface area contributed by atoms with E-state index in [1.807, 2.05) is 26.0 Å². The Morgan fingerprint density at radius 1 is 1.29 bits per heavy atom. The van der Waals surface area contributed by atoms with Crippen LogP contribution in [-0.2, 0) is 10.2 Å². The Bertz CT molecular complexity index is 518. The van der Waals surface area contributed by atoms with Gasteiger partial charge < -0.3 is 4.74 Å². The van der Waals surface area contributed by atoms with Crippen molar-refractivity contribution >= 4 is 5.78 Å². The average molecular weight is 229 g/mol. The van der Waals surface area contributed by atoms with E-state index in [0.29, 0.717) is 18.6 Å². The monoisotopic (exact) mass is 229 g/mol. The third kappa shape index (κ3) is 1.70. The molecule has 0 unspecified atom stereocenters. The second kappa shape index (κ2) is 3.89. The molecule has 1 aromatic rings. The van der Waals surface area contributed by atoms with Gasteiger partial charge in [0.25, 0.3) is 0 Å². The number of hydrogen-bond donors (Lipinski definition) is 0. The van der Waals surface area contributed by atoms with Crippen molar-refractivity contribution in [3.05, 3.63) is 28.8 Å². The van der Waals surface area contributed by atoms with Gasteiger partial charge in [0.2, 0.25) is 0 Å². The molecule has 1 aliphatic carbocycles. The van der Waals surface area contributed by atoms with Crippen LogP contribution in [0.15, 0.2) is 12.1 Å². The number of aryl methyl sites for hydroxylation is 2. The number of benzene rings is 1. The molecule has 0 atom stereocenters. The molecule has 0 N–H and O–H groups in total. The lowest BCUT2D eigenvalue weighted by molar-refractivity contribution is -0.126. The van der Waals surface area contributed by atoms with E-state index in [9.17, 15) is 10.1 Å². The lowest BCUT2D eigenvalue weighted by Gasteiger charge is -2.35. The summed E-state index contributed by atoms with van der Waals surface area (Å²) in [7, 11) is 1.60. The highest BCUT2D eigenvalue weighted by atomic mass is 16.5. The fraction of sp³-hybridized carbons (Fsp3) is 0.429. The van der Waals surface area contributed by atoms with Gasteiger partial charge in [0, 0.05) is 18.4 Å². The molecule has 0 aliphatic heterocycles. The van der Waals surface area contributed by atoms with Crippen LogP contribution in [0.2, 0.25) is 0 Å². The van der Waals surface area contributed by atoms with Gasteiger partial charge in [-0.3, -0.25) is 4.79 Å². The molecule has 0 aromatic heterocycles. The summed E-state index contributed by atoms with van der Waals surface area (Å²) in [5, 5.41) is 9.33. The third-order valence-electron chi connectivity index (χ3n) is 3.54. The summed E-state index contributed by atoms with van der Waals surface area (Å²) in [6.45, 7) is 4.01. The molecule has 0 spiro atoms. The van der Waals surface area contributed by atoms with Gasteiger partial charge >= 0.3 is 0 Å². The molecule has 0 radical (unpaired) electrons. The van der Waals surface area contributed by atoms with Gasteiger partial charge in [-0.2, -0.15) is 5.26 Å². The van der Waals surface area contributed by atoms with Crippen LogP contribution in [0.5, 0.6) is 5.75 Å². The van der Waals surface area contributed by atoms with Gasteiger partial charge in [0.1, 0.15) is 11.5 Å². The van der Waals surface area contributed by atoms with Gasteiger partial charge in [0.15, 0.2) is 0 Å². The van der Waals surface area contributed by atoms with E-state index < -0.39 is 5.41 Å². The van der Waals surface area contributed by atoms with Crippen LogP contribution in [0, 0.1) is 25.2 Å². The van der Waals surface area contributed by atoms with Crippen molar-refractivity contribution in [2.45, 2.75) is 32.1 Å². The Morgan fingerprint density at radius 2 is 1.88 bits per heavy atom. The highest BCUT2D eigenvalue weighted by Crippen LogP contribution is 2.45. The molecule has 1 aromatic carbocycles. The van der Waals surface area contributed by atoms with Crippen LogP contribution in [0.4, 0.5) is 0 Å². The first-order chi connectivity index (χ1) is 8.02. The van der Waals surface area contributed by atoms with Crippen molar-refractivity contribution < 1.29 is 9.53 Å². The molecule has 0 saturated heterocycles. The van der Waals surface area contributed by atoms with Crippen molar-refractivity contribution in [2.75, 3.05) is 7.11 Å². The van der Waals surface area contributed by atoms with Crippen molar-refractivity contribution in [1.82, 2.24) is 0 Å². The zero-order valence-electron chi connectivity index (χ0n) is 10.3. The van der Waals surface area contributed by atoms with E-state index in [1.54, 1.807) is 7.11 Å². The first kappa shape index (κ1) is 11.7. The minimum atomic E-state index is -0.666. The van der Waals surface area contributed by atoms with Crippen LogP contribution < -0.4 is 4.74 Å². The van der Waals surface area contributed by atoms with E-state index in [1.165, 1.54) is 0 Å². The Hall–Kier alpha value is -1.82. The van der Waals surface area contributed by atoms with E-state index in [-0.39, 0.29) is 5.78 Å². The number of methoxy groups -OCH3 is 1. The minimum absolute atomic E-state index is 0.145. The summed E-state index contributed by atoms with van der Waals surface area (Å²) >= 11 is 0. The molecule has 1 aliphatic rings. The second-order valence-corrected chi connectivity index (χ2v) is 4.72. The van der Waals surface area contributed by atoms with Crippen LogP contribution in [0.1, 0.15) is 29.5 Å². The second-order valence-electron chi connectivity index (χ2n) is 4.72. The molecule has 3 nitrogen and oxygen atoms in total. The average Bonchev–Trinajstić information content (AvgIpc) is 2.27. The minimum Gasteiger partial charge on any atom is -0.496 e. The Balaban J connectivity index is 2.55. The lowest BCUT2D eigenvalue weighted by atomic mass is 9.64. The summed E-state index contributed by atoms with van der Waals surface area (Å²) in [5.74, 6) is 0.856. The Morgan fingerprint density at radius 3 is 2.35 bits per heavy atom. The van der Waals surface area contributed by atoms with E-state index in [0.717, 1.165) is 16.7 Å². The molecule has 3 heteroatoms. The largest absolute Gasteiger partial charge is 0.496 e. The molecular formula is C14H15NO2. The lowest BCUT2D eigenvalue weighted by Crippen LogP contribution is -2.40. The normalized spacial score (nSPS) is 17.2. The van der Waals surface area contributed by atoms with Crippen molar-refractivity contribution in [3.8, 4) is 11.8 Å². The fourth-order valence-electron chi connectivity index (χ4n) is 2.28. The summed E-state index contributed by atoms with van der Waals surface area (Å²) in [5.41, 5.74) is 2.44. The number of rotatable bonds is 2. The van der Waals surface area contributed by atoms with E-state index in [2.05, 4.69) is 6.07 Å². The number of ether oxygens (including phenoxy) is 1. The predicted molar refractivity (Wildman–Crippen MR) is 64.0 cm³/mol. The van der Waals surface area contributed by atoms with Crippen LogP contribution in [-0.4, -0.2) is 12.9 Å². The first-order valence-corrected chi connectivity index (χ1v) is 5.61. The number of Topliss-reactive ketones (excluding diaryl/α,β-unsaturated/α-hetero) is 1. The highest BCUT2D eigenvalue weighted by Gasteiger charge is 2.47. The van der Waals surface area contributed by atoms with Crippen LogP contribution in [0.3, 0.4) is 0 Å². The molecular weight excluding hydrogens is 214 g/mol. The summed E-state index contributed by atoms with van der Waals surface area (Å²) < 4.78 is 5.34. The predicted octanol–water partition coefficient (Wildman–Crippen LogP) is 2.44. The zero-order chi connectivity index (χ0) is 12.6. The molecule has 0 heterocycles. The number of nitrogens with zero attached hydrogens (tertiary/aromatic N) is 1. The van der Waals surface area contributed by atoms with Gasteiger partial charge in [-0.25, -0.2) is 0 Å². The van der Waals surface area contributed by atoms with Crippen molar-refractivity contribution in [1.29, 1.82) is 5.26 Å². The molecule has 88 valence electrons. The number of nitriles is 1. The number of ketones is 1. The molecule has 0 amide bonds.